The summed E-state index contributed by atoms with van der Waals surface area (Å²) in [6.45, 7) is 0.777. The number of hydrogen-bond donors (Lipinski definition) is 1. The third kappa shape index (κ3) is 3.55. The second kappa shape index (κ2) is 6.34. The summed E-state index contributed by atoms with van der Waals surface area (Å²) in [6, 6.07) is 1.91. The Morgan fingerprint density at radius 1 is 1.47 bits per heavy atom. The molecule has 0 spiro atoms. The van der Waals surface area contributed by atoms with Crippen LogP contribution in [0.3, 0.4) is 0 Å². The molecule has 2 unspecified atom stereocenters. The lowest BCUT2D eigenvalue weighted by atomic mass is 9.89. The Bertz CT molecular complexity index is 394. The normalized spacial score (nSPS) is 24.6. The van der Waals surface area contributed by atoms with Gasteiger partial charge in [0.1, 0.15) is 4.88 Å². The molecule has 0 aliphatic heterocycles. The summed E-state index contributed by atoms with van der Waals surface area (Å²) in [4.78, 5) is 13.3. The molecule has 2 nitrogen and oxygen atoms in total. The van der Waals surface area contributed by atoms with E-state index in [4.69, 9.17) is 0 Å². The lowest BCUT2D eigenvalue weighted by Crippen LogP contribution is -2.34. The third-order valence-corrected chi connectivity index (χ3v) is 6.21. The smallest absolute Gasteiger partial charge is 0.262 e. The van der Waals surface area contributed by atoms with Crippen LogP contribution < -0.4 is 5.32 Å². The third-order valence-electron chi connectivity index (χ3n) is 3.16. The number of rotatable bonds is 3. The number of alkyl halides is 1. The van der Waals surface area contributed by atoms with Crippen molar-refractivity contribution in [1.82, 2.24) is 5.32 Å². The van der Waals surface area contributed by atoms with Gasteiger partial charge in [0.05, 0.1) is 0 Å². The molecule has 1 aromatic heterocycles. The van der Waals surface area contributed by atoms with Crippen LogP contribution in [0.15, 0.2) is 15.9 Å². The molecule has 1 aliphatic rings. The van der Waals surface area contributed by atoms with Crippen molar-refractivity contribution in [2.75, 3.05) is 6.54 Å². The highest BCUT2D eigenvalue weighted by atomic mass is 79.9. The van der Waals surface area contributed by atoms with Crippen molar-refractivity contribution in [3.05, 3.63) is 20.8 Å². The summed E-state index contributed by atoms with van der Waals surface area (Å²) < 4.78 is 0.888. The van der Waals surface area contributed by atoms with Crippen molar-refractivity contribution in [2.24, 2.45) is 5.92 Å². The summed E-state index contributed by atoms with van der Waals surface area (Å²) in [5.41, 5.74) is 0. The van der Waals surface area contributed by atoms with Crippen LogP contribution in [0.25, 0.3) is 0 Å². The quantitative estimate of drug-likeness (QED) is 0.782. The fraction of sp³-hybridized carbons (Fsp3) is 0.583. The largest absolute Gasteiger partial charge is 0.351 e. The Morgan fingerprint density at radius 2 is 2.24 bits per heavy atom. The van der Waals surface area contributed by atoms with Crippen molar-refractivity contribution in [3.63, 3.8) is 0 Å². The molecule has 5 heteroatoms. The van der Waals surface area contributed by atoms with E-state index in [1.54, 1.807) is 0 Å². The van der Waals surface area contributed by atoms with Gasteiger partial charge in [-0.1, -0.05) is 28.8 Å². The molecule has 0 aromatic carbocycles. The minimum atomic E-state index is 0.0390. The first-order valence-electron chi connectivity index (χ1n) is 5.83. The Kier molecular flexibility index (Phi) is 5.06. The molecule has 0 radical (unpaired) electrons. The molecule has 2 rings (SSSR count). The van der Waals surface area contributed by atoms with Crippen LogP contribution in [0, 0.1) is 5.92 Å². The van der Waals surface area contributed by atoms with Crippen molar-refractivity contribution < 1.29 is 4.79 Å². The average Bonchev–Trinajstić information content (AvgIpc) is 2.74. The minimum absolute atomic E-state index is 0.0390. The van der Waals surface area contributed by atoms with Gasteiger partial charge in [-0.3, -0.25) is 4.79 Å². The topological polar surface area (TPSA) is 29.1 Å². The van der Waals surface area contributed by atoms with E-state index >= 15 is 0 Å². The van der Waals surface area contributed by atoms with Crippen LogP contribution in [0.5, 0.6) is 0 Å². The molecular formula is C12H15Br2NOS. The SMILES string of the molecule is O=C(NCC1CCCCC1Br)c1sccc1Br. The molecular weight excluding hydrogens is 366 g/mol. The molecule has 0 saturated heterocycles. The fourth-order valence-electron chi connectivity index (χ4n) is 2.15. The highest BCUT2D eigenvalue weighted by molar-refractivity contribution is 9.10. The predicted molar refractivity (Wildman–Crippen MR) is 79.0 cm³/mol. The number of amides is 1. The Balaban J connectivity index is 1.86. The van der Waals surface area contributed by atoms with E-state index in [0.717, 1.165) is 15.9 Å². The van der Waals surface area contributed by atoms with Crippen LogP contribution in [-0.4, -0.2) is 17.3 Å². The molecule has 1 amide bonds. The maximum atomic E-state index is 11.9. The van der Waals surface area contributed by atoms with E-state index in [1.807, 2.05) is 11.4 Å². The zero-order chi connectivity index (χ0) is 12.3. The van der Waals surface area contributed by atoms with Gasteiger partial charge in [0, 0.05) is 15.8 Å². The zero-order valence-corrected chi connectivity index (χ0v) is 13.4. The first-order chi connectivity index (χ1) is 8.18. The van der Waals surface area contributed by atoms with E-state index in [-0.39, 0.29) is 5.91 Å². The summed E-state index contributed by atoms with van der Waals surface area (Å²) >= 11 is 8.57. The lowest BCUT2D eigenvalue weighted by molar-refractivity contribution is 0.0948. The van der Waals surface area contributed by atoms with E-state index in [2.05, 4.69) is 37.2 Å². The monoisotopic (exact) mass is 379 g/mol. The second-order valence-electron chi connectivity index (χ2n) is 4.37. The maximum Gasteiger partial charge on any atom is 0.262 e. The van der Waals surface area contributed by atoms with Gasteiger partial charge in [0.2, 0.25) is 0 Å². The van der Waals surface area contributed by atoms with Crippen LogP contribution in [0.4, 0.5) is 0 Å². The number of carbonyl (C=O) groups is 1. The van der Waals surface area contributed by atoms with E-state index in [9.17, 15) is 4.79 Å². The van der Waals surface area contributed by atoms with Crippen molar-refractivity contribution in [1.29, 1.82) is 0 Å². The van der Waals surface area contributed by atoms with Gasteiger partial charge in [0.15, 0.2) is 0 Å². The van der Waals surface area contributed by atoms with Gasteiger partial charge >= 0.3 is 0 Å². The van der Waals surface area contributed by atoms with Gasteiger partial charge < -0.3 is 5.32 Å². The van der Waals surface area contributed by atoms with Crippen molar-refractivity contribution in [2.45, 2.75) is 30.5 Å². The second-order valence-corrected chi connectivity index (χ2v) is 7.31. The first-order valence-corrected chi connectivity index (χ1v) is 8.42. The van der Waals surface area contributed by atoms with E-state index < -0.39 is 0 Å². The Labute approximate surface area is 122 Å². The molecule has 94 valence electrons. The molecule has 0 bridgehead atoms. The predicted octanol–water partition coefficient (Wildman–Crippen LogP) is 4.19. The number of nitrogens with one attached hydrogen (secondary N) is 1. The minimum Gasteiger partial charge on any atom is -0.351 e. The van der Waals surface area contributed by atoms with Gasteiger partial charge in [0.25, 0.3) is 5.91 Å². The molecule has 1 heterocycles. The lowest BCUT2D eigenvalue weighted by Gasteiger charge is -2.27. The first kappa shape index (κ1) is 13.6. The fourth-order valence-corrected chi connectivity index (χ4v) is 4.39. The number of thiophene rings is 1. The molecule has 1 aromatic rings. The van der Waals surface area contributed by atoms with Gasteiger partial charge in [-0.15, -0.1) is 11.3 Å². The highest BCUT2D eigenvalue weighted by Gasteiger charge is 2.23. The highest BCUT2D eigenvalue weighted by Crippen LogP contribution is 2.29. The number of halogens is 2. The van der Waals surface area contributed by atoms with E-state index in [1.165, 1.54) is 37.0 Å². The van der Waals surface area contributed by atoms with Crippen LogP contribution in [0.2, 0.25) is 0 Å². The number of hydrogen-bond acceptors (Lipinski definition) is 2. The van der Waals surface area contributed by atoms with Gasteiger partial charge in [-0.05, 0) is 46.1 Å². The standard InChI is InChI=1S/C12H15Br2NOS/c13-9-4-2-1-3-8(9)7-15-12(16)11-10(14)5-6-17-11/h5-6,8-9H,1-4,7H2,(H,15,16). The average molecular weight is 381 g/mol. The van der Waals surface area contributed by atoms with E-state index in [0.29, 0.717) is 10.7 Å². The van der Waals surface area contributed by atoms with Crippen LogP contribution >= 0.6 is 43.2 Å². The molecule has 1 aliphatic carbocycles. The summed E-state index contributed by atoms with van der Waals surface area (Å²) in [7, 11) is 0. The molecule has 1 N–H and O–H groups in total. The summed E-state index contributed by atoms with van der Waals surface area (Å²) in [6.07, 6.45) is 5.02. The van der Waals surface area contributed by atoms with Crippen molar-refractivity contribution in [3.8, 4) is 0 Å². The van der Waals surface area contributed by atoms with Gasteiger partial charge in [-0.2, -0.15) is 0 Å². The van der Waals surface area contributed by atoms with Gasteiger partial charge in [-0.25, -0.2) is 0 Å². The molecule has 17 heavy (non-hydrogen) atoms. The Hall–Kier alpha value is 0.130. The maximum absolute atomic E-state index is 11.9. The zero-order valence-electron chi connectivity index (χ0n) is 9.42. The van der Waals surface area contributed by atoms with Crippen molar-refractivity contribution >= 4 is 49.1 Å². The molecule has 2 atom stereocenters. The summed E-state index contributed by atoms with van der Waals surface area (Å²) in [5.74, 6) is 0.614. The summed E-state index contributed by atoms with van der Waals surface area (Å²) in [5, 5.41) is 4.96. The Morgan fingerprint density at radius 3 is 2.88 bits per heavy atom. The van der Waals surface area contributed by atoms with Crippen LogP contribution in [-0.2, 0) is 0 Å². The van der Waals surface area contributed by atoms with Crippen LogP contribution in [0.1, 0.15) is 35.4 Å². The molecule has 1 saturated carbocycles. The number of carbonyl (C=O) groups excluding carboxylic acids is 1. The molecule has 1 fully saturated rings.